The molecule has 3 aliphatic carbocycles. The molecule has 111 heavy (non-hydrogen) atoms. The number of fused-ring (bicyclic) bond motifs is 3. The number of amides is 10. The van der Waals surface area contributed by atoms with Gasteiger partial charge in [0.05, 0.1) is 30.2 Å². The number of aryl methyl sites for hydroxylation is 3. The first-order valence-corrected chi connectivity index (χ1v) is 41.4. The molecule has 0 unspecified atom stereocenters. The Hall–Kier alpha value is -9.16. The maximum Gasteiger partial charge on any atom is 0.251 e. The monoisotopic (exact) mass is 1520 g/mol. The number of hydrogen-bond acceptors (Lipinski definition) is 14. The van der Waals surface area contributed by atoms with Gasteiger partial charge in [-0.05, 0) is 240 Å². The van der Waals surface area contributed by atoms with E-state index in [1.54, 1.807) is 49.6 Å². The van der Waals surface area contributed by atoms with E-state index in [9.17, 15) is 57.5 Å². The molecule has 0 radical (unpaired) electrons. The minimum Gasteiger partial charge on any atom is -0.352 e. The summed E-state index contributed by atoms with van der Waals surface area (Å²) >= 11 is 0. The van der Waals surface area contributed by atoms with Crippen LogP contribution in [0, 0.1) is 5.92 Å². The van der Waals surface area contributed by atoms with Crippen molar-refractivity contribution >= 4 is 70.6 Å². The Morgan fingerprint density at radius 2 is 0.829 bits per heavy atom. The number of nitrogens with zero attached hydrogens (tertiary/aromatic N) is 3. The second-order valence-electron chi connectivity index (χ2n) is 31.7. The standard InChI is InChI=1S/C87H120N12O12/c1-7-55(2)78(102)94-70(86(110)98-49-25-43-74(98)83(107)92-68-40-22-31-59-28-12-15-35-66(59)68)37-9-8-10-45-76(100)62-51-63(81(105)90-46-19-17-38-71(95-79(103)56(3)88-5)85(109)97-48-24-42-73(97)77(101)54-61-33-21-30-58-27-11-14-34-65(58)61)53-64(52-62)82(106)91-47-20-18-39-72(96-80(104)57(4)89-6)87(111)99-50-26-44-75(99)84(108)93-69-41-23-32-60-29-13-16-36-67(60)69/h11-16,27-29,34-36,51-53,55-57,61,68-75,88-89H,7-10,17-26,30-33,37-50,54H2,1-6H3,(H,90,105)(H,91,106)(H,92,107)(H,93,108)(H,94,102)(H,95,103)(H,96,104)/t55-,56+,57+,61+,68-,69-,70+,71+,72+,73+,74+,75+/m1/s1. The van der Waals surface area contributed by atoms with Crippen LogP contribution in [0.15, 0.2) is 91.0 Å². The summed E-state index contributed by atoms with van der Waals surface area (Å²) in [5.41, 5.74) is 7.28. The van der Waals surface area contributed by atoms with E-state index in [0.717, 1.165) is 68.9 Å². The molecule has 0 spiro atoms. The average Bonchev–Trinajstić information content (AvgIpc) is 1.79. The molecule has 0 saturated carbocycles. The third kappa shape index (κ3) is 22.4. The highest BCUT2D eigenvalue weighted by atomic mass is 16.2. The van der Waals surface area contributed by atoms with Crippen molar-refractivity contribution in [2.45, 2.75) is 274 Å². The number of carbonyl (C=O) groups is 12. The number of benzene rings is 4. The maximum atomic E-state index is 14.6. The van der Waals surface area contributed by atoms with Crippen LogP contribution in [0.2, 0.25) is 0 Å². The molecule has 6 aliphatic rings. The Morgan fingerprint density at radius 3 is 1.29 bits per heavy atom. The van der Waals surface area contributed by atoms with Crippen molar-refractivity contribution < 1.29 is 57.5 Å². The number of likely N-dealkylation sites (N-methyl/N-ethyl adjacent to an activating group) is 2. The summed E-state index contributed by atoms with van der Waals surface area (Å²) in [5, 5.41) is 27.1. The quantitative estimate of drug-likeness (QED) is 0.0150. The van der Waals surface area contributed by atoms with Crippen molar-refractivity contribution in [3.8, 4) is 0 Å². The van der Waals surface area contributed by atoms with Crippen LogP contribution < -0.4 is 47.9 Å². The van der Waals surface area contributed by atoms with Gasteiger partial charge in [-0.25, -0.2) is 0 Å². The molecule has 24 heteroatoms. The molecular formula is C87H120N12O12. The van der Waals surface area contributed by atoms with Gasteiger partial charge in [-0.3, -0.25) is 57.5 Å². The highest BCUT2D eigenvalue weighted by Crippen LogP contribution is 2.37. The van der Waals surface area contributed by atoms with Gasteiger partial charge < -0.3 is 62.6 Å². The molecule has 10 amide bonds. The lowest BCUT2D eigenvalue weighted by atomic mass is 9.79. The van der Waals surface area contributed by atoms with Crippen molar-refractivity contribution in [1.82, 2.24) is 62.6 Å². The molecule has 3 fully saturated rings. The Labute approximate surface area is 655 Å². The van der Waals surface area contributed by atoms with Crippen LogP contribution in [0.1, 0.15) is 271 Å². The second-order valence-corrected chi connectivity index (χ2v) is 31.7. The number of Topliss-reactive ketones (excluding diaryl/α,β-unsaturated/α-hetero) is 2. The van der Waals surface area contributed by atoms with Gasteiger partial charge in [0.1, 0.15) is 30.2 Å². The van der Waals surface area contributed by atoms with Crippen molar-refractivity contribution in [3.63, 3.8) is 0 Å². The van der Waals surface area contributed by atoms with Crippen LogP contribution in [0.3, 0.4) is 0 Å². The minimum atomic E-state index is -0.962. The van der Waals surface area contributed by atoms with Gasteiger partial charge in [0.15, 0.2) is 11.6 Å². The summed E-state index contributed by atoms with van der Waals surface area (Å²) in [7, 11) is 3.31. The third-order valence-electron chi connectivity index (χ3n) is 24.0. The zero-order valence-electron chi connectivity index (χ0n) is 66.2. The number of ketones is 2. The summed E-state index contributed by atoms with van der Waals surface area (Å²) in [4.78, 5) is 174. The molecule has 3 aliphatic heterocycles. The Morgan fingerprint density at radius 1 is 0.432 bits per heavy atom. The zero-order valence-corrected chi connectivity index (χ0v) is 66.2. The van der Waals surface area contributed by atoms with Crippen LogP contribution in [-0.4, -0.2) is 180 Å². The third-order valence-corrected chi connectivity index (χ3v) is 24.0. The molecule has 0 bridgehead atoms. The van der Waals surface area contributed by atoms with Gasteiger partial charge in [0.2, 0.25) is 47.3 Å². The first kappa shape index (κ1) is 84.3. The molecule has 600 valence electrons. The van der Waals surface area contributed by atoms with E-state index >= 15 is 0 Å². The molecular weight excluding hydrogens is 1410 g/mol. The fraction of sp³-hybridized carbons (Fsp3) is 0.586. The Kier molecular flexibility index (Phi) is 31.4. The molecule has 10 rings (SSSR count). The minimum absolute atomic E-state index is 0.0228. The highest BCUT2D eigenvalue weighted by Gasteiger charge is 2.43. The first-order chi connectivity index (χ1) is 53.7. The predicted octanol–water partition coefficient (Wildman–Crippen LogP) is 8.78. The summed E-state index contributed by atoms with van der Waals surface area (Å²) in [6.45, 7) is 8.48. The highest BCUT2D eigenvalue weighted by molar-refractivity contribution is 6.05. The molecule has 12 atom stereocenters. The van der Waals surface area contributed by atoms with Gasteiger partial charge >= 0.3 is 0 Å². The van der Waals surface area contributed by atoms with Crippen LogP contribution in [0.25, 0.3) is 0 Å². The lowest BCUT2D eigenvalue weighted by Gasteiger charge is -2.32. The zero-order chi connectivity index (χ0) is 79.1. The van der Waals surface area contributed by atoms with Crippen LogP contribution in [-0.2, 0) is 62.4 Å². The predicted molar refractivity (Wildman–Crippen MR) is 425 cm³/mol. The Balaban J connectivity index is 0.786. The second kappa shape index (κ2) is 41.4. The number of likely N-dealkylation sites (tertiary alicyclic amines) is 3. The van der Waals surface area contributed by atoms with Crippen LogP contribution >= 0.6 is 0 Å². The van der Waals surface area contributed by atoms with E-state index in [1.807, 2.05) is 55.5 Å². The molecule has 4 aromatic rings. The van der Waals surface area contributed by atoms with Crippen molar-refractivity contribution in [3.05, 3.63) is 141 Å². The molecule has 0 aromatic heterocycles. The topological polar surface area (TPSA) is 323 Å². The summed E-state index contributed by atoms with van der Waals surface area (Å²) in [5.74, 6) is -4.15. The summed E-state index contributed by atoms with van der Waals surface area (Å²) < 4.78 is 0. The summed E-state index contributed by atoms with van der Waals surface area (Å²) in [6.07, 6.45) is 16.1. The molecule has 24 nitrogen and oxygen atoms in total. The summed E-state index contributed by atoms with van der Waals surface area (Å²) in [6, 6.07) is 22.5. The van der Waals surface area contributed by atoms with E-state index in [2.05, 4.69) is 72.1 Å². The smallest absolute Gasteiger partial charge is 0.251 e. The van der Waals surface area contributed by atoms with Gasteiger partial charge in [-0.1, -0.05) is 99.5 Å². The first-order valence-electron chi connectivity index (χ1n) is 41.4. The van der Waals surface area contributed by atoms with Crippen LogP contribution in [0.5, 0.6) is 0 Å². The van der Waals surface area contributed by atoms with Gasteiger partial charge in [-0.2, -0.15) is 0 Å². The Bertz CT molecular complexity index is 3550. The lowest BCUT2D eigenvalue weighted by molar-refractivity contribution is -0.142. The average molecular weight is 1530 g/mol. The SMILES string of the molecule is CC[C@@H](C)C(=O)N[C@@H](CCCCCC(=O)c1cc(C(=O)NCCCC[C@H](NC(=O)[C@H](C)NC)C(=O)N2CCC[C@H]2C(=O)C[C@@H]2CCCc3ccccc32)cc(C(=O)NCCCC[C@H](NC(=O)[C@H](C)NC)C(=O)N2CCC[C@H]2C(=O)N[C@@H]2CCCc3ccccc32)c1)C(=O)N1CCC[C@H]1C(=O)N[C@@H]1CCCc2ccccc21. The normalized spacial score (nSPS) is 20.8. The largest absolute Gasteiger partial charge is 0.352 e. The van der Waals surface area contributed by atoms with Crippen molar-refractivity contribution in [2.75, 3.05) is 46.8 Å². The molecule has 3 saturated heterocycles. The maximum absolute atomic E-state index is 14.6. The number of nitrogens with one attached hydrogen (secondary N) is 9. The van der Waals surface area contributed by atoms with E-state index in [-0.39, 0.29) is 138 Å². The van der Waals surface area contributed by atoms with E-state index < -0.39 is 60.1 Å². The number of unbranched alkanes of at least 4 members (excludes halogenated alkanes) is 4. The molecule has 3 heterocycles. The van der Waals surface area contributed by atoms with E-state index in [4.69, 9.17) is 0 Å². The number of carbonyl (C=O) groups excluding carboxylic acids is 12. The van der Waals surface area contributed by atoms with E-state index in [0.29, 0.717) is 116 Å². The fourth-order valence-electron chi connectivity index (χ4n) is 17.0. The van der Waals surface area contributed by atoms with Crippen LogP contribution in [0.4, 0.5) is 0 Å². The lowest BCUT2D eigenvalue weighted by Crippen LogP contribution is -2.55. The van der Waals surface area contributed by atoms with Gasteiger partial charge in [-0.15, -0.1) is 0 Å². The number of hydrogen-bond donors (Lipinski definition) is 9. The van der Waals surface area contributed by atoms with E-state index in [1.165, 1.54) is 40.5 Å². The molecule has 9 N–H and O–H groups in total. The van der Waals surface area contributed by atoms with Gasteiger partial charge in [0, 0.05) is 68.2 Å². The van der Waals surface area contributed by atoms with Crippen molar-refractivity contribution in [1.29, 1.82) is 0 Å². The van der Waals surface area contributed by atoms with Gasteiger partial charge in [0.25, 0.3) is 11.8 Å². The molecule has 4 aromatic carbocycles. The number of rotatable bonds is 38. The van der Waals surface area contributed by atoms with Crippen molar-refractivity contribution in [2.24, 2.45) is 5.92 Å². The fourth-order valence-corrected chi connectivity index (χ4v) is 17.0.